The number of allylic oxidation sites excluding steroid dienone is 2. The molecule has 23 heavy (non-hydrogen) atoms. The van der Waals surface area contributed by atoms with Crippen LogP contribution in [0.5, 0.6) is 0 Å². The summed E-state index contributed by atoms with van der Waals surface area (Å²) in [6, 6.07) is 0. The predicted molar refractivity (Wildman–Crippen MR) is 94.2 cm³/mol. The summed E-state index contributed by atoms with van der Waals surface area (Å²) in [5, 5.41) is 19.6. The highest BCUT2D eigenvalue weighted by Gasteiger charge is 2.50. The van der Waals surface area contributed by atoms with Crippen LogP contribution in [0.25, 0.3) is 0 Å². The average molecular weight is 320 g/mol. The van der Waals surface area contributed by atoms with E-state index in [1.807, 2.05) is 6.92 Å². The molecule has 1 aliphatic heterocycles. The molecule has 0 radical (unpaired) electrons. The summed E-state index contributed by atoms with van der Waals surface area (Å²) < 4.78 is 5.86. The monoisotopic (exact) mass is 320 g/mol. The molecule has 2 rings (SSSR count). The molecule has 2 aliphatic rings. The highest BCUT2D eigenvalue weighted by molar-refractivity contribution is 5.14. The van der Waals surface area contributed by atoms with Gasteiger partial charge in [-0.05, 0) is 63.4 Å². The van der Waals surface area contributed by atoms with Crippen molar-refractivity contribution in [3.63, 3.8) is 0 Å². The molecule has 0 bridgehead atoms. The van der Waals surface area contributed by atoms with E-state index in [4.69, 9.17) is 4.74 Å². The SMILES string of the molecule is C=C(C)[C@@H](O)CC[C@]1(C)/C=C/C[C@]2(C)O[C@H]2CC/C(CO)=C\C1. The number of fused-ring (bicyclic) bond motifs is 1. The zero-order chi connectivity index (χ0) is 17.1. The van der Waals surface area contributed by atoms with Gasteiger partial charge in [0.05, 0.1) is 24.4 Å². The van der Waals surface area contributed by atoms with E-state index in [-0.39, 0.29) is 17.6 Å². The zero-order valence-corrected chi connectivity index (χ0v) is 14.8. The second kappa shape index (κ2) is 7.33. The fourth-order valence-corrected chi connectivity index (χ4v) is 3.32. The minimum Gasteiger partial charge on any atom is -0.392 e. The molecule has 1 saturated heterocycles. The predicted octanol–water partition coefficient (Wildman–Crippen LogP) is 3.92. The topological polar surface area (TPSA) is 53.0 Å². The van der Waals surface area contributed by atoms with Crippen LogP contribution in [0.4, 0.5) is 0 Å². The quantitative estimate of drug-likeness (QED) is 0.596. The van der Waals surface area contributed by atoms with E-state index >= 15 is 0 Å². The number of hydrogen-bond acceptors (Lipinski definition) is 3. The molecule has 0 spiro atoms. The first kappa shape index (κ1) is 18.4. The fraction of sp³-hybridized carbons (Fsp3) is 0.700. The maximum absolute atomic E-state index is 10.0. The average Bonchev–Trinajstić information content (AvgIpc) is 3.14. The van der Waals surface area contributed by atoms with Gasteiger partial charge in [0.1, 0.15) is 0 Å². The van der Waals surface area contributed by atoms with Crippen LogP contribution in [-0.2, 0) is 4.74 Å². The van der Waals surface area contributed by atoms with Crippen LogP contribution in [0.1, 0.15) is 59.3 Å². The molecule has 0 aromatic heterocycles. The van der Waals surface area contributed by atoms with Crippen LogP contribution in [0.3, 0.4) is 0 Å². The molecular weight excluding hydrogens is 288 g/mol. The van der Waals surface area contributed by atoms with Crippen molar-refractivity contribution in [2.24, 2.45) is 5.41 Å². The first-order valence-electron chi connectivity index (χ1n) is 8.76. The third-order valence-electron chi connectivity index (χ3n) is 5.42. The second-order valence-electron chi connectivity index (χ2n) is 7.84. The summed E-state index contributed by atoms with van der Waals surface area (Å²) in [7, 11) is 0. The van der Waals surface area contributed by atoms with Crippen molar-refractivity contribution in [3.8, 4) is 0 Å². The first-order valence-corrected chi connectivity index (χ1v) is 8.76. The van der Waals surface area contributed by atoms with E-state index in [1.165, 1.54) is 0 Å². The zero-order valence-electron chi connectivity index (χ0n) is 14.8. The lowest BCUT2D eigenvalue weighted by Gasteiger charge is -2.27. The summed E-state index contributed by atoms with van der Waals surface area (Å²) in [6.07, 6.45) is 11.9. The van der Waals surface area contributed by atoms with E-state index in [1.54, 1.807) is 0 Å². The van der Waals surface area contributed by atoms with Gasteiger partial charge in [0.15, 0.2) is 0 Å². The maximum Gasteiger partial charge on any atom is 0.0954 e. The van der Waals surface area contributed by atoms with Gasteiger partial charge in [-0.2, -0.15) is 0 Å². The van der Waals surface area contributed by atoms with Gasteiger partial charge in [0, 0.05) is 0 Å². The van der Waals surface area contributed by atoms with Crippen LogP contribution >= 0.6 is 0 Å². The fourth-order valence-electron chi connectivity index (χ4n) is 3.32. The van der Waals surface area contributed by atoms with Crippen molar-refractivity contribution < 1.29 is 14.9 Å². The Balaban J connectivity index is 2.10. The molecule has 1 fully saturated rings. The summed E-state index contributed by atoms with van der Waals surface area (Å²) in [5.41, 5.74) is 1.88. The maximum atomic E-state index is 10.0. The Kier molecular flexibility index (Phi) is 5.88. The second-order valence-corrected chi connectivity index (χ2v) is 7.84. The number of aliphatic hydroxyl groups is 2. The third kappa shape index (κ3) is 5.03. The van der Waals surface area contributed by atoms with Crippen molar-refractivity contribution in [1.82, 2.24) is 0 Å². The van der Waals surface area contributed by atoms with Gasteiger partial charge in [0.25, 0.3) is 0 Å². The Morgan fingerprint density at radius 1 is 1.43 bits per heavy atom. The molecule has 1 heterocycles. The van der Waals surface area contributed by atoms with Gasteiger partial charge in [-0.1, -0.05) is 37.3 Å². The summed E-state index contributed by atoms with van der Waals surface area (Å²) in [4.78, 5) is 0. The minimum atomic E-state index is -0.437. The van der Waals surface area contributed by atoms with E-state index in [2.05, 4.69) is 38.7 Å². The number of hydrogen-bond donors (Lipinski definition) is 2. The molecule has 0 aromatic carbocycles. The molecule has 0 amide bonds. The lowest BCUT2D eigenvalue weighted by atomic mass is 9.79. The normalized spacial score (nSPS) is 39.3. The Hall–Kier alpha value is -0.900. The van der Waals surface area contributed by atoms with Crippen molar-refractivity contribution in [3.05, 3.63) is 36.0 Å². The summed E-state index contributed by atoms with van der Waals surface area (Å²) in [6.45, 7) is 10.2. The molecule has 0 unspecified atom stereocenters. The Morgan fingerprint density at radius 3 is 2.83 bits per heavy atom. The van der Waals surface area contributed by atoms with Crippen LogP contribution < -0.4 is 0 Å². The standard InChI is InChI=1S/C20H32O3/c1-15(2)17(22)9-13-19(3)10-5-11-20(4)18(23-20)7-6-16(14-21)8-12-19/h5,8,10,17-18,21-22H,1,6-7,9,11-14H2,2-4H3/b10-5+,16-8+/t17-,18-,19+,20-/m0/s1. The minimum absolute atomic E-state index is 0.0120. The molecule has 0 aromatic rings. The van der Waals surface area contributed by atoms with Crippen molar-refractivity contribution in [1.29, 1.82) is 0 Å². The highest BCUT2D eigenvalue weighted by Crippen LogP contribution is 2.44. The lowest BCUT2D eigenvalue weighted by molar-refractivity contribution is 0.180. The lowest BCUT2D eigenvalue weighted by Crippen LogP contribution is -2.18. The Bertz CT molecular complexity index is 493. The van der Waals surface area contributed by atoms with Gasteiger partial charge in [-0.25, -0.2) is 0 Å². The third-order valence-corrected chi connectivity index (χ3v) is 5.42. The Labute approximate surface area is 140 Å². The molecule has 130 valence electrons. The highest BCUT2D eigenvalue weighted by atomic mass is 16.6. The van der Waals surface area contributed by atoms with E-state index in [0.29, 0.717) is 6.10 Å². The first-order chi connectivity index (χ1) is 10.8. The van der Waals surface area contributed by atoms with Gasteiger partial charge < -0.3 is 14.9 Å². The largest absolute Gasteiger partial charge is 0.392 e. The molecule has 3 nitrogen and oxygen atoms in total. The van der Waals surface area contributed by atoms with Gasteiger partial charge in [-0.15, -0.1) is 0 Å². The number of ether oxygens (including phenoxy) is 1. The molecule has 4 atom stereocenters. The number of aliphatic hydroxyl groups excluding tert-OH is 2. The van der Waals surface area contributed by atoms with Crippen molar-refractivity contribution >= 4 is 0 Å². The number of rotatable bonds is 5. The molecule has 1 aliphatic carbocycles. The molecule has 3 heteroatoms. The van der Waals surface area contributed by atoms with Gasteiger partial charge in [-0.3, -0.25) is 0 Å². The van der Waals surface area contributed by atoms with Gasteiger partial charge >= 0.3 is 0 Å². The molecule has 2 N–H and O–H groups in total. The smallest absolute Gasteiger partial charge is 0.0954 e. The van der Waals surface area contributed by atoms with Crippen LogP contribution in [-0.4, -0.2) is 34.6 Å². The van der Waals surface area contributed by atoms with Crippen LogP contribution in [0, 0.1) is 5.41 Å². The van der Waals surface area contributed by atoms with E-state index in [9.17, 15) is 10.2 Å². The summed E-state index contributed by atoms with van der Waals surface area (Å²) >= 11 is 0. The molecule has 0 saturated carbocycles. The molecular formula is C20H32O3. The Morgan fingerprint density at radius 2 is 2.17 bits per heavy atom. The van der Waals surface area contributed by atoms with Gasteiger partial charge in [0.2, 0.25) is 0 Å². The summed E-state index contributed by atoms with van der Waals surface area (Å²) in [5.74, 6) is 0. The van der Waals surface area contributed by atoms with E-state index < -0.39 is 6.10 Å². The van der Waals surface area contributed by atoms with Crippen molar-refractivity contribution in [2.45, 2.75) is 77.1 Å². The van der Waals surface area contributed by atoms with Crippen LogP contribution in [0.15, 0.2) is 36.0 Å². The number of epoxide rings is 1. The van der Waals surface area contributed by atoms with Crippen LogP contribution in [0.2, 0.25) is 0 Å². The van der Waals surface area contributed by atoms with Crippen molar-refractivity contribution in [2.75, 3.05) is 6.61 Å². The van der Waals surface area contributed by atoms with E-state index in [0.717, 1.165) is 49.7 Å².